The van der Waals surface area contributed by atoms with Crippen LogP contribution in [0.4, 0.5) is 24.5 Å². The number of rotatable bonds is 8. The van der Waals surface area contributed by atoms with Crippen LogP contribution in [0.3, 0.4) is 0 Å². The molecule has 0 atom stereocenters. The van der Waals surface area contributed by atoms with Gasteiger partial charge >= 0.3 is 6.18 Å². The smallest absolute Gasteiger partial charge is 0.416 e. The van der Waals surface area contributed by atoms with Crippen molar-refractivity contribution in [3.63, 3.8) is 0 Å². The van der Waals surface area contributed by atoms with E-state index >= 15 is 0 Å². The summed E-state index contributed by atoms with van der Waals surface area (Å²) in [7, 11) is 0. The molecule has 6 nitrogen and oxygen atoms in total. The summed E-state index contributed by atoms with van der Waals surface area (Å²) >= 11 is 5.18. The third-order valence-electron chi connectivity index (χ3n) is 4.96. The van der Waals surface area contributed by atoms with E-state index in [-0.39, 0.29) is 16.4 Å². The molecule has 0 unspecified atom stereocenters. The molecule has 188 valence electrons. The summed E-state index contributed by atoms with van der Waals surface area (Å²) in [5.41, 5.74) is 0.321. The summed E-state index contributed by atoms with van der Waals surface area (Å²) in [6.45, 7) is 2.69. The standard InChI is InChI=1S/C26H24F3N3O3S/c1-2-3-15-35-22-13-9-18(10-14-22)24(34)32-25(36)31-20-11-7-17(8-12-20)23(33)30-21-6-4-5-19(16-21)26(27,28)29/h4-14,16H,2-3,15H2,1H3,(H,30,33)(H2,31,32,34,36). The Balaban J connectivity index is 1.52. The number of hydrogen-bond acceptors (Lipinski definition) is 4. The minimum Gasteiger partial charge on any atom is -0.494 e. The van der Waals surface area contributed by atoms with Crippen LogP contribution in [0.5, 0.6) is 5.75 Å². The van der Waals surface area contributed by atoms with Crippen LogP contribution in [-0.2, 0) is 6.18 Å². The van der Waals surface area contributed by atoms with Gasteiger partial charge in [0.05, 0.1) is 12.2 Å². The second-order valence-electron chi connectivity index (χ2n) is 7.74. The first-order valence-electron chi connectivity index (χ1n) is 11.1. The Morgan fingerprint density at radius 1 is 0.861 bits per heavy atom. The summed E-state index contributed by atoms with van der Waals surface area (Å²) < 4.78 is 44.2. The van der Waals surface area contributed by atoms with Crippen LogP contribution in [-0.4, -0.2) is 23.5 Å². The van der Waals surface area contributed by atoms with Gasteiger partial charge in [-0.05, 0) is 85.4 Å². The molecule has 2 amide bonds. The molecule has 0 radical (unpaired) electrons. The molecular formula is C26H24F3N3O3S. The van der Waals surface area contributed by atoms with E-state index in [1.54, 1.807) is 36.4 Å². The number of ether oxygens (including phenoxy) is 1. The Morgan fingerprint density at radius 3 is 2.14 bits per heavy atom. The molecular weight excluding hydrogens is 491 g/mol. The zero-order chi connectivity index (χ0) is 26.1. The highest BCUT2D eigenvalue weighted by atomic mass is 32.1. The number of carbonyl (C=O) groups is 2. The Labute approximate surface area is 211 Å². The molecule has 3 aromatic carbocycles. The average Bonchev–Trinajstić information content (AvgIpc) is 2.84. The van der Waals surface area contributed by atoms with E-state index in [2.05, 4.69) is 22.9 Å². The minimum atomic E-state index is -4.51. The van der Waals surface area contributed by atoms with Crippen molar-refractivity contribution in [1.82, 2.24) is 5.32 Å². The molecule has 36 heavy (non-hydrogen) atoms. The molecule has 0 saturated carbocycles. The van der Waals surface area contributed by atoms with Gasteiger partial charge in [-0.1, -0.05) is 19.4 Å². The van der Waals surface area contributed by atoms with E-state index < -0.39 is 23.6 Å². The molecule has 0 bridgehead atoms. The lowest BCUT2D eigenvalue weighted by atomic mass is 10.1. The lowest BCUT2D eigenvalue weighted by molar-refractivity contribution is -0.137. The Kier molecular flexibility index (Phi) is 9.02. The van der Waals surface area contributed by atoms with Gasteiger partial charge in [0.2, 0.25) is 0 Å². The van der Waals surface area contributed by atoms with Crippen LogP contribution in [0.25, 0.3) is 0 Å². The number of hydrogen-bond donors (Lipinski definition) is 3. The second-order valence-corrected chi connectivity index (χ2v) is 8.15. The van der Waals surface area contributed by atoms with E-state index in [4.69, 9.17) is 17.0 Å². The van der Waals surface area contributed by atoms with Gasteiger partial charge in [-0.3, -0.25) is 14.9 Å². The second kappa shape index (κ2) is 12.2. The van der Waals surface area contributed by atoms with Crippen LogP contribution >= 0.6 is 12.2 Å². The highest BCUT2D eigenvalue weighted by molar-refractivity contribution is 7.80. The monoisotopic (exact) mass is 515 g/mol. The van der Waals surface area contributed by atoms with Crippen LogP contribution < -0.4 is 20.7 Å². The fourth-order valence-corrected chi connectivity index (χ4v) is 3.27. The summed E-state index contributed by atoms with van der Waals surface area (Å²) in [6.07, 6.45) is -2.53. The van der Waals surface area contributed by atoms with Gasteiger partial charge in [-0.25, -0.2) is 0 Å². The zero-order valence-corrected chi connectivity index (χ0v) is 20.1. The maximum Gasteiger partial charge on any atom is 0.416 e. The van der Waals surface area contributed by atoms with Crippen LogP contribution in [0, 0.1) is 0 Å². The molecule has 10 heteroatoms. The van der Waals surface area contributed by atoms with Crippen molar-refractivity contribution >= 4 is 40.5 Å². The molecule has 3 aromatic rings. The van der Waals surface area contributed by atoms with Gasteiger partial charge in [0.1, 0.15) is 5.75 Å². The van der Waals surface area contributed by atoms with Crippen LogP contribution in [0.2, 0.25) is 0 Å². The Hall–Kier alpha value is -3.92. The summed E-state index contributed by atoms with van der Waals surface area (Å²) in [5, 5.41) is 7.92. The van der Waals surface area contributed by atoms with Crippen molar-refractivity contribution in [3.8, 4) is 5.75 Å². The summed E-state index contributed by atoms with van der Waals surface area (Å²) in [6, 6.07) is 17.2. The molecule has 0 fully saturated rings. The molecule has 0 aliphatic rings. The number of alkyl halides is 3. The number of halogens is 3. The van der Waals surface area contributed by atoms with Crippen molar-refractivity contribution < 1.29 is 27.5 Å². The maximum atomic E-state index is 12.9. The van der Waals surface area contributed by atoms with Gasteiger partial charge in [0.25, 0.3) is 11.8 Å². The van der Waals surface area contributed by atoms with Gasteiger partial charge in [-0.2, -0.15) is 13.2 Å². The van der Waals surface area contributed by atoms with Crippen molar-refractivity contribution in [2.45, 2.75) is 25.9 Å². The molecule has 0 spiro atoms. The largest absolute Gasteiger partial charge is 0.494 e. The van der Waals surface area contributed by atoms with Gasteiger partial charge < -0.3 is 15.4 Å². The zero-order valence-electron chi connectivity index (χ0n) is 19.3. The first kappa shape index (κ1) is 26.7. The van der Waals surface area contributed by atoms with E-state index in [0.29, 0.717) is 23.6 Å². The van der Waals surface area contributed by atoms with Crippen molar-refractivity contribution in [2.75, 3.05) is 17.2 Å². The third kappa shape index (κ3) is 7.81. The fourth-order valence-electron chi connectivity index (χ4n) is 3.06. The Bertz CT molecular complexity index is 1210. The van der Waals surface area contributed by atoms with Gasteiger partial charge in [-0.15, -0.1) is 0 Å². The lowest BCUT2D eigenvalue weighted by Crippen LogP contribution is -2.34. The minimum absolute atomic E-state index is 0.0291. The van der Waals surface area contributed by atoms with Crippen molar-refractivity contribution in [2.24, 2.45) is 0 Å². The predicted molar refractivity (Wildman–Crippen MR) is 136 cm³/mol. The highest BCUT2D eigenvalue weighted by Crippen LogP contribution is 2.30. The fraction of sp³-hybridized carbons (Fsp3) is 0.192. The molecule has 3 N–H and O–H groups in total. The maximum absolute atomic E-state index is 12.9. The van der Waals surface area contributed by atoms with Gasteiger partial charge in [0.15, 0.2) is 5.11 Å². The third-order valence-corrected chi connectivity index (χ3v) is 5.17. The average molecular weight is 516 g/mol. The molecule has 0 aliphatic carbocycles. The van der Waals surface area contributed by atoms with E-state index in [0.717, 1.165) is 25.0 Å². The molecule has 0 aromatic heterocycles. The van der Waals surface area contributed by atoms with Crippen molar-refractivity contribution in [3.05, 3.63) is 89.5 Å². The number of unbranched alkanes of at least 4 members (excludes halogenated alkanes) is 1. The number of thiocarbonyl (C=S) groups is 1. The molecule has 3 rings (SSSR count). The highest BCUT2D eigenvalue weighted by Gasteiger charge is 2.30. The van der Waals surface area contributed by atoms with E-state index in [1.165, 1.54) is 24.3 Å². The number of nitrogens with one attached hydrogen (secondary N) is 3. The predicted octanol–water partition coefficient (Wildman–Crippen LogP) is 6.26. The number of benzene rings is 3. The SMILES string of the molecule is CCCCOc1ccc(C(=O)NC(=S)Nc2ccc(C(=O)Nc3cccc(C(F)(F)F)c3)cc2)cc1. The number of amides is 2. The molecule has 0 heterocycles. The summed E-state index contributed by atoms with van der Waals surface area (Å²) in [5.74, 6) is -0.290. The van der Waals surface area contributed by atoms with E-state index in [1.807, 2.05) is 0 Å². The van der Waals surface area contributed by atoms with Crippen LogP contribution in [0.15, 0.2) is 72.8 Å². The van der Waals surface area contributed by atoms with Crippen molar-refractivity contribution in [1.29, 1.82) is 0 Å². The quantitative estimate of drug-likeness (QED) is 0.244. The first-order chi connectivity index (χ1) is 17.2. The Morgan fingerprint density at radius 2 is 1.50 bits per heavy atom. The van der Waals surface area contributed by atoms with E-state index in [9.17, 15) is 22.8 Å². The topological polar surface area (TPSA) is 79.5 Å². The first-order valence-corrected chi connectivity index (χ1v) is 11.5. The van der Waals surface area contributed by atoms with Gasteiger partial charge in [0, 0.05) is 22.5 Å². The molecule has 0 saturated heterocycles. The number of anilines is 2. The lowest BCUT2D eigenvalue weighted by Gasteiger charge is -2.12. The van der Waals surface area contributed by atoms with Crippen LogP contribution in [0.1, 0.15) is 46.0 Å². The summed E-state index contributed by atoms with van der Waals surface area (Å²) in [4.78, 5) is 24.8. The normalized spacial score (nSPS) is 10.9. The number of carbonyl (C=O) groups excluding carboxylic acids is 2. The molecule has 0 aliphatic heterocycles.